The van der Waals surface area contributed by atoms with Crippen molar-refractivity contribution in [3.8, 4) is 11.4 Å². The van der Waals surface area contributed by atoms with Gasteiger partial charge in [0.2, 0.25) is 0 Å². The number of rotatable bonds is 3. The zero-order valence-corrected chi connectivity index (χ0v) is 13.1. The maximum atomic E-state index is 12.0. The molecule has 0 saturated carbocycles. The molecular weight excluding hydrogens is 340 g/mol. The van der Waals surface area contributed by atoms with Gasteiger partial charge in [-0.15, -0.1) is 11.3 Å². The number of imidazole rings is 1. The van der Waals surface area contributed by atoms with Gasteiger partial charge in [0, 0.05) is 21.6 Å². The van der Waals surface area contributed by atoms with Crippen LogP contribution < -0.4 is 0 Å². The number of carbonyl (C=O) groups excluding carboxylic acids is 1. The summed E-state index contributed by atoms with van der Waals surface area (Å²) in [7, 11) is 0. The smallest absolute Gasteiger partial charge is 0.360 e. The number of carbonyl (C=O) groups is 1. The Kier molecular flexibility index (Phi) is 3.58. The molecule has 6 heteroatoms. The van der Waals surface area contributed by atoms with Crippen LogP contribution in [0.15, 0.2) is 40.3 Å². The minimum Gasteiger partial charge on any atom is -0.461 e. The molecule has 0 radical (unpaired) electrons. The first kappa shape index (κ1) is 13.3. The third-order valence-electron chi connectivity index (χ3n) is 2.81. The first-order valence-electron chi connectivity index (χ1n) is 6.09. The predicted molar refractivity (Wildman–Crippen MR) is 82.2 cm³/mol. The van der Waals surface area contributed by atoms with Gasteiger partial charge in [-0.25, -0.2) is 9.78 Å². The highest BCUT2D eigenvalue weighted by molar-refractivity contribution is 9.10. The van der Waals surface area contributed by atoms with Gasteiger partial charge in [-0.2, -0.15) is 0 Å². The molecular formula is C14H11BrN2O2S. The van der Waals surface area contributed by atoms with E-state index in [0.29, 0.717) is 12.3 Å². The van der Waals surface area contributed by atoms with Crippen LogP contribution in [0.5, 0.6) is 0 Å². The average Bonchev–Trinajstić information content (AvgIpc) is 3.00. The second kappa shape index (κ2) is 5.38. The molecule has 0 aliphatic carbocycles. The number of halogens is 1. The van der Waals surface area contributed by atoms with Crippen LogP contribution in [0.2, 0.25) is 0 Å². The van der Waals surface area contributed by atoms with Crippen molar-refractivity contribution in [2.24, 2.45) is 0 Å². The Hall–Kier alpha value is -1.66. The van der Waals surface area contributed by atoms with Gasteiger partial charge in [0.15, 0.2) is 5.69 Å². The van der Waals surface area contributed by atoms with Gasteiger partial charge in [-0.1, -0.05) is 28.1 Å². The number of aromatic nitrogens is 2. The molecule has 3 rings (SSSR count). The topological polar surface area (TPSA) is 43.6 Å². The summed E-state index contributed by atoms with van der Waals surface area (Å²) < 4.78 is 7.95. The van der Waals surface area contributed by atoms with Gasteiger partial charge in [0.25, 0.3) is 0 Å². The molecule has 102 valence electrons. The summed E-state index contributed by atoms with van der Waals surface area (Å²) in [6.07, 6.45) is 1.91. The fraction of sp³-hybridized carbons (Fsp3) is 0.143. The molecule has 0 unspecified atom stereocenters. The molecule has 0 amide bonds. The number of hydrogen-bond acceptors (Lipinski definition) is 4. The maximum absolute atomic E-state index is 12.0. The van der Waals surface area contributed by atoms with E-state index in [0.717, 1.165) is 20.7 Å². The van der Waals surface area contributed by atoms with Crippen molar-refractivity contribution in [3.63, 3.8) is 0 Å². The van der Waals surface area contributed by atoms with Crippen LogP contribution >= 0.6 is 27.3 Å². The second-order valence-electron chi connectivity index (χ2n) is 4.09. The van der Waals surface area contributed by atoms with Gasteiger partial charge in [-0.05, 0) is 19.1 Å². The SMILES string of the molecule is CCOC(=O)c1nc(-c2cccc(Br)c2)n2ccsc12. The zero-order valence-electron chi connectivity index (χ0n) is 10.7. The second-order valence-corrected chi connectivity index (χ2v) is 5.90. The molecule has 0 atom stereocenters. The number of benzene rings is 1. The standard InChI is InChI=1S/C14H11BrN2O2S/c1-2-19-14(18)11-13-17(6-7-20-13)12(16-11)9-4-3-5-10(15)8-9/h3-8H,2H2,1H3. The summed E-state index contributed by atoms with van der Waals surface area (Å²) in [5.41, 5.74) is 1.32. The van der Waals surface area contributed by atoms with Crippen molar-refractivity contribution in [3.05, 3.63) is 46.0 Å². The number of ether oxygens (including phenoxy) is 1. The van der Waals surface area contributed by atoms with Crippen molar-refractivity contribution >= 4 is 38.1 Å². The fourth-order valence-electron chi connectivity index (χ4n) is 1.99. The van der Waals surface area contributed by atoms with Crippen LogP contribution in [0.4, 0.5) is 0 Å². The summed E-state index contributed by atoms with van der Waals surface area (Å²) in [4.78, 5) is 17.2. The van der Waals surface area contributed by atoms with Gasteiger partial charge in [-0.3, -0.25) is 4.40 Å². The van der Waals surface area contributed by atoms with Gasteiger partial charge < -0.3 is 4.74 Å². The van der Waals surface area contributed by atoms with Crippen molar-refractivity contribution in [2.75, 3.05) is 6.61 Å². The molecule has 0 aliphatic heterocycles. The third kappa shape index (κ3) is 2.25. The van der Waals surface area contributed by atoms with E-state index in [9.17, 15) is 4.79 Å². The van der Waals surface area contributed by atoms with E-state index in [4.69, 9.17) is 4.74 Å². The summed E-state index contributed by atoms with van der Waals surface area (Å²) in [6.45, 7) is 2.13. The number of esters is 1. The average molecular weight is 351 g/mol. The molecule has 2 aromatic heterocycles. The van der Waals surface area contributed by atoms with Crippen molar-refractivity contribution < 1.29 is 9.53 Å². The van der Waals surface area contributed by atoms with Crippen LogP contribution in [0, 0.1) is 0 Å². The Morgan fingerprint density at radius 2 is 2.35 bits per heavy atom. The number of fused-ring (bicyclic) bond motifs is 1. The fourth-order valence-corrected chi connectivity index (χ4v) is 3.20. The van der Waals surface area contributed by atoms with E-state index in [1.807, 2.05) is 40.2 Å². The maximum Gasteiger partial charge on any atom is 0.360 e. The quantitative estimate of drug-likeness (QED) is 0.670. The van der Waals surface area contributed by atoms with Crippen molar-refractivity contribution in [1.82, 2.24) is 9.38 Å². The predicted octanol–water partition coefficient (Wildman–Crippen LogP) is 4.00. The van der Waals surface area contributed by atoms with Gasteiger partial charge in [0.1, 0.15) is 10.7 Å². The lowest BCUT2D eigenvalue weighted by Gasteiger charge is -1.99. The largest absolute Gasteiger partial charge is 0.461 e. The number of thiazole rings is 1. The third-order valence-corrected chi connectivity index (χ3v) is 4.17. The van der Waals surface area contributed by atoms with Crippen molar-refractivity contribution in [1.29, 1.82) is 0 Å². The Morgan fingerprint density at radius 1 is 1.50 bits per heavy atom. The molecule has 1 aromatic carbocycles. The van der Waals surface area contributed by atoms with Crippen LogP contribution in [-0.2, 0) is 4.74 Å². The van der Waals surface area contributed by atoms with E-state index >= 15 is 0 Å². The van der Waals surface area contributed by atoms with E-state index in [2.05, 4.69) is 20.9 Å². The van der Waals surface area contributed by atoms with Crippen LogP contribution in [0.3, 0.4) is 0 Å². The molecule has 0 bridgehead atoms. The molecule has 0 aliphatic rings. The summed E-state index contributed by atoms with van der Waals surface area (Å²) >= 11 is 4.92. The minimum atomic E-state index is -0.381. The first-order chi connectivity index (χ1) is 9.70. The monoisotopic (exact) mass is 350 g/mol. The highest BCUT2D eigenvalue weighted by atomic mass is 79.9. The Morgan fingerprint density at radius 3 is 3.10 bits per heavy atom. The Balaban J connectivity index is 2.17. The molecule has 0 spiro atoms. The summed E-state index contributed by atoms with van der Waals surface area (Å²) in [6, 6.07) is 7.83. The Bertz CT molecular complexity index is 778. The number of hydrogen-bond donors (Lipinski definition) is 0. The zero-order chi connectivity index (χ0) is 14.1. The molecule has 2 heterocycles. The lowest BCUT2D eigenvalue weighted by Crippen LogP contribution is -2.05. The molecule has 4 nitrogen and oxygen atoms in total. The molecule has 0 saturated heterocycles. The van der Waals surface area contributed by atoms with E-state index in [1.54, 1.807) is 6.92 Å². The Labute approximate surface area is 128 Å². The molecule has 0 N–H and O–H groups in total. The van der Waals surface area contributed by atoms with Gasteiger partial charge >= 0.3 is 5.97 Å². The van der Waals surface area contributed by atoms with Crippen LogP contribution in [0.25, 0.3) is 16.2 Å². The first-order valence-corrected chi connectivity index (χ1v) is 7.76. The van der Waals surface area contributed by atoms with Crippen molar-refractivity contribution in [2.45, 2.75) is 6.92 Å². The lowest BCUT2D eigenvalue weighted by molar-refractivity contribution is 0.0523. The highest BCUT2D eigenvalue weighted by Gasteiger charge is 2.20. The van der Waals surface area contributed by atoms with E-state index in [-0.39, 0.29) is 5.97 Å². The van der Waals surface area contributed by atoms with Crippen LogP contribution in [-0.4, -0.2) is 22.0 Å². The van der Waals surface area contributed by atoms with E-state index < -0.39 is 0 Å². The highest BCUT2D eigenvalue weighted by Crippen LogP contribution is 2.28. The molecule has 3 aromatic rings. The summed E-state index contributed by atoms with van der Waals surface area (Å²) in [5, 5.41) is 1.93. The summed E-state index contributed by atoms with van der Waals surface area (Å²) in [5.74, 6) is 0.360. The van der Waals surface area contributed by atoms with Gasteiger partial charge in [0.05, 0.1) is 6.61 Å². The molecule has 0 fully saturated rings. The van der Waals surface area contributed by atoms with E-state index in [1.165, 1.54) is 11.3 Å². The number of nitrogens with zero attached hydrogens (tertiary/aromatic N) is 2. The minimum absolute atomic E-state index is 0.343. The normalized spacial score (nSPS) is 10.9. The lowest BCUT2D eigenvalue weighted by atomic mass is 10.2. The molecule has 20 heavy (non-hydrogen) atoms. The van der Waals surface area contributed by atoms with Crippen LogP contribution in [0.1, 0.15) is 17.4 Å².